The molecule has 0 amide bonds. The Labute approximate surface area is 109 Å². The summed E-state index contributed by atoms with van der Waals surface area (Å²) in [6.07, 6.45) is 2.98. The van der Waals surface area contributed by atoms with Gasteiger partial charge in [-0.25, -0.2) is 4.39 Å². The molecular weight excluding hydrogens is 259 g/mol. The summed E-state index contributed by atoms with van der Waals surface area (Å²) in [6.45, 7) is 2.14. The molecule has 1 aromatic carbocycles. The van der Waals surface area contributed by atoms with Gasteiger partial charge < -0.3 is 5.32 Å². The highest BCUT2D eigenvalue weighted by molar-refractivity contribution is 6.31. The average Bonchev–Trinajstić information content (AvgIpc) is 2.68. The van der Waals surface area contributed by atoms with Crippen molar-refractivity contribution < 1.29 is 9.31 Å². The van der Waals surface area contributed by atoms with Crippen LogP contribution in [0, 0.1) is 21.8 Å². The Hall–Kier alpha value is -1.36. The van der Waals surface area contributed by atoms with Gasteiger partial charge in [0.15, 0.2) is 0 Å². The number of nitro groups is 1. The summed E-state index contributed by atoms with van der Waals surface area (Å²) in [5, 5.41) is 13.7. The number of nitro benzene ring substituents is 1. The molecule has 0 bridgehead atoms. The molecule has 1 aliphatic carbocycles. The zero-order valence-corrected chi connectivity index (χ0v) is 10.7. The average molecular weight is 273 g/mol. The van der Waals surface area contributed by atoms with Gasteiger partial charge >= 0.3 is 0 Å². The van der Waals surface area contributed by atoms with Gasteiger partial charge in [-0.3, -0.25) is 10.1 Å². The first-order valence-corrected chi connectivity index (χ1v) is 6.25. The fourth-order valence-electron chi connectivity index (χ4n) is 2.36. The lowest BCUT2D eigenvalue weighted by Gasteiger charge is -2.14. The third kappa shape index (κ3) is 2.72. The second kappa shape index (κ2) is 5.10. The van der Waals surface area contributed by atoms with Crippen molar-refractivity contribution in [1.29, 1.82) is 0 Å². The lowest BCUT2D eigenvalue weighted by molar-refractivity contribution is -0.384. The molecule has 1 N–H and O–H groups in total. The highest BCUT2D eigenvalue weighted by Crippen LogP contribution is 2.34. The van der Waals surface area contributed by atoms with Crippen LogP contribution in [0.2, 0.25) is 5.02 Å². The summed E-state index contributed by atoms with van der Waals surface area (Å²) in [5.41, 5.74) is 0.0296. The molecular formula is C12H14ClFN2O2. The maximum atomic E-state index is 13.4. The van der Waals surface area contributed by atoms with Crippen molar-refractivity contribution in [3.8, 4) is 0 Å². The largest absolute Gasteiger partial charge is 0.377 e. The molecule has 2 unspecified atom stereocenters. The van der Waals surface area contributed by atoms with Crippen molar-refractivity contribution >= 4 is 23.0 Å². The highest BCUT2D eigenvalue weighted by Gasteiger charge is 2.25. The normalized spacial score (nSPS) is 23.1. The van der Waals surface area contributed by atoms with Crippen molar-refractivity contribution in [3.05, 3.63) is 33.1 Å². The van der Waals surface area contributed by atoms with E-state index in [1.165, 1.54) is 0 Å². The van der Waals surface area contributed by atoms with Crippen LogP contribution in [0.5, 0.6) is 0 Å². The van der Waals surface area contributed by atoms with E-state index in [1.807, 2.05) is 0 Å². The Morgan fingerprint density at radius 3 is 2.78 bits per heavy atom. The van der Waals surface area contributed by atoms with Gasteiger partial charge in [-0.15, -0.1) is 0 Å². The zero-order valence-electron chi connectivity index (χ0n) is 9.95. The van der Waals surface area contributed by atoms with Crippen LogP contribution < -0.4 is 5.32 Å². The van der Waals surface area contributed by atoms with Crippen LogP contribution >= 0.6 is 11.6 Å². The summed E-state index contributed by atoms with van der Waals surface area (Å²) >= 11 is 5.56. The van der Waals surface area contributed by atoms with E-state index in [-0.39, 0.29) is 22.4 Å². The number of hydrogen-bond acceptors (Lipinski definition) is 3. The summed E-state index contributed by atoms with van der Waals surface area (Å²) in [4.78, 5) is 10.4. The Bertz CT molecular complexity index is 481. The van der Waals surface area contributed by atoms with Gasteiger partial charge in [-0.2, -0.15) is 0 Å². The number of benzene rings is 1. The van der Waals surface area contributed by atoms with Crippen LogP contribution in [-0.2, 0) is 0 Å². The molecule has 0 aromatic heterocycles. The molecule has 0 aliphatic heterocycles. The van der Waals surface area contributed by atoms with Crippen LogP contribution in [0.1, 0.15) is 26.2 Å². The second-order valence-electron chi connectivity index (χ2n) is 4.80. The van der Waals surface area contributed by atoms with Gasteiger partial charge in [0.2, 0.25) is 0 Å². The summed E-state index contributed by atoms with van der Waals surface area (Å²) in [7, 11) is 0. The maximum absolute atomic E-state index is 13.4. The van der Waals surface area contributed by atoms with Gasteiger partial charge in [0.25, 0.3) is 5.69 Å². The third-order valence-corrected chi connectivity index (χ3v) is 3.58. The summed E-state index contributed by atoms with van der Waals surface area (Å²) in [5.74, 6) is -0.0467. The predicted octanol–water partition coefficient (Wildman–Crippen LogP) is 3.99. The number of halogens is 2. The SMILES string of the molecule is CC1CCC(Nc2cc(F)c(Cl)cc2[N+](=O)[O-])C1. The number of nitrogens with zero attached hydrogens (tertiary/aromatic N) is 1. The molecule has 1 fully saturated rings. The van der Waals surface area contributed by atoms with E-state index in [1.54, 1.807) is 0 Å². The fourth-order valence-corrected chi connectivity index (χ4v) is 2.52. The van der Waals surface area contributed by atoms with Crippen LogP contribution in [0.4, 0.5) is 15.8 Å². The minimum absolute atomic E-state index is 0.166. The molecule has 0 spiro atoms. The smallest absolute Gasteiger partial charge is 0.294 e. The standard InChI is InChI=1S/C12H14ClFN2O2/c1-7-2-3-8(4-7)15-11-6-10(14)9(13)5-12(11)16(17)18/h5-8,15H,2-4H2,1H3. The molecule has 4 nitrogen and oxygen atoms in total. The molecule has 0 heterocycles. The first-order chi connectivity index (χ1) is 8.47. The van der Waals surface area contributed by atoms with Crippen LogP contribution in [-0.4, -0.2) is 11.0 Å². The predicted molar refractivity (Wildman–Crippen MR) is 68.5 cm³/mol. The van der Waals surface area contributed by atoms with Crippen molar-refractivity contribution in [2.75, 3.05) is 5.32 Å². The number of nitrogens with one attached hydrogen (secondary N) is 1. The first-order valence-electron chi connectivity index (χ1n) is 5.87. The Morgan fingerprint density at radius 1 is 1.50 bits per heavy atom. The van der Waals surface area contributed by atoms with Crippen molar-refractivity contribution in [3.63, 3.8) is 0 Å². The molecule has 1 aromatic rings. The molecule has 2 atom stereocenters. The number of rotatable bonds is 3. The van der Waals surface area contributed by atoms with E-state index in [2.05, 4.69) is 12.2 Å². The van der Waals surface area contributed by atoms with E-state index in [4.69, 9.17) is 11.6 Å². The van der Waals surface area contributed by atoms with Crippen molar-refractivity contribution in [1.82, 2.24) is 0 Å². The lowest BCUT2D eigenvalue weighted by atomic mass is 10.1. The summed E-state index contributed by atoms with van der Waals surface area (Å²) in [6, 6.07) is 2.32. The molecule has 98 valence electrons. The Morgan fingerprint density at radius 2 is 2.22 bits per heavy atom. The molecule has 18 heavy (non-hydrogen) atoms. The van der Waals surface area contributed by atoms with E-state index in [0.717, 1.165) is 31.4 Å². The Kier molecular flexibility index (Phi) is 3.71. The van der Waals surface area contributed by atoms with Crippen LogP contribution in [0.15, 0.2) is 12.1 Å². The summed E-state index contributed by atoms with van der Waals surface area (Å²) < 4.78 is 13.4. The van der Waals surface area contributed by atoms with Crippen molar-refractivity contribution in [2.45, 2.75) is 32.2 Å². The van der Waals surface area contributed by atoms with E-state index in [0.29, 0.717) is 5.92 Å². The lowest BCUT2D eigenvalue weighted by Crippen LogP contribution is -2.16. The van der Waals surface area contributed by atoms with Crippen LogP contribution in [0.3, 0.4) is 0 Å². The third-order valence-electron chi connectivity index (χ3n) is 3.29. The minimum atomic E-state index is -0.643. The molecule has 0 radical (unpaired) electrons. The quantitative estimate of drug-likeness (QED) is 0.669. The topological polar surface area (TPSA) is 55.2 Å². The van der Waals surface area contributed by atoms with Gasteiger partial charge in [-0.1, -0.05) is 18.5 Å². The monoisotopic (exact) mass is 272 g/mol. The van der Waals surface area contributed by atoms with Crippen LogP contribution in [0.25, 0.3) is 0 Å². The Balaban J connectivity index is 2.25. The molecule has 0 saturated heterocycles. The second-order valence-corrected chi connectivity index (χ2v) is 5.21. The van der Waals surface area contributed by atoms with Gasteiger partial charge in [0.05, 0.1) is 9.95 Å². The molecule has 2 rings (SSSR count). The zero-order chi connectivity index (χ0) is 13.3. The maximum Gasteiger partial charge on any atom is 0.294 e. The van der Waals surface area contributed by atoms with E-state index < -0.39 is 10.7 Å². The van der Waals surface area contributed by atoms with Gasteiger partial charge in [0.1, 0.15) is 11.5 Å². The highest BCUT2D eigenvalue weighted by atomic mass is 35.5. The molecule has 1 saturated carbocycles. The van der Waals surface area contributed by atoms with Gasteiger partial charge in [0, 0.05) is 18.2 Å². The minimum Gasteiger partial charge on any atom is -0.377 e. The molecule has 1 aliphatic rings. The molecule has 6 heteroatoms. The van der Waals surface area contributed by atoms with Gasteiger partial charge in [-0.05, 0) is 25.2 Å². The number of anilines is 1. The van der Waals surface area contributed by atoms with E-state index >= 15 is 0 Å². The van der Waals surface area contributed by atoms with Crippen molar-refractivity contribution in [2.24, 2.45) is 5.92 Å². The van der Waals surface area contributed by atoms with E-state index in [9.17, 15) is 14.5 Å². The fraction of sp³-hybridized carbons (Fsp3) is 0.500. The first kappa shape index (κ1) is 13.1. The number of hydrogen-bond donors (Lipinski definition) is 1.